The number of rotatable bonds is 3. The Morgan fingerprint density at radius 2 is 2.00 bits per heavy atom. The summed E-state index contributed by atoms with van der Waals surface area (Å²) in [6, 6.07) is 11.1. The summed E-state index contributed by atoms with van der Waals surface area (Å²) in [7, 11) is 0. The molecule has 4 rings (SSSR count). The number of hydrogen-bond donors (Lipinski definition) is 2. The largest absolute Gasteiger partial charge is 0.361 e. The van der Waals surface area contributed by atoms with Gasteiger partial charge in [0.15, 0.2) is 0 Å². The van der Waals surface area contributed by atoms with Crippen molar-refractivity contribution < 1.29 is 0 Å². The lowest BCUT2D eigenvalue weighted by atomic mass is 9.88. The molecule has 4 heteroatoms. The van der Waals surface area contributed by atoms with Crippen molar-refractivity contribution in [3.8, 4) is 0 Å². The maximum atomic E-state index is 4.33. The lowest BCUT2D eigenvalue weighted by Gasteiger charge is -2.35. The van der Waals surface area contributed by atoms with Crippen LogP contribution in [0.1, 0.15) is 43.0 Å². The number of piperidine rings is 1. The van der Waals surface area contributed by atoms with Gasteiger partial charge in [-0.1, -0.05) is 18.2 Å². The van der Waals surface area contributed by atoms with Crippen LogP contribution in [0.15, 0.2) is 42.7 Å². The van der Waals surface area contributed by atoms with Crippen molar-refractivity contribution in [3.05, 3.63) is 54.0 Å². The number of para-hydroxylation sites is 1. The summed E-state index contributed by atoms with van der Waals surface area (Å²) in [5, 5.41) is 8.64. The molecule has 2 N–H and O–H groups in total. The van der Waals surface area contributed by atoms with Crippen LogP contribution in [0, 0.1) is 0 Å². The molecular formula is C18H22N4. The van der Waals surface area contributed by atoms with E-state index in [2.05, 4.69) is 63.5 Å². The highest BCUT2D eigenvalue weighted by molar-refractivity contribution is 5.83. The molecule has 0 radical (unpaired) electrons. The van der Waals surface area contributed by atoms with E-state index in [-0.39, 0.29) is 0 Å². The number of aromatic nitrogens is 3. The van der Waals surface area contributed by atoms with E-state index >= 15 is 0 Å². The normalized spacial score (nSPS) is 18.8. The highest BCUT2D eigenvalue weighted by Crippen LogP contribution is 2.35. The molecule has 0 amide bonds. The summed E-state index contributed by atoms with van der Waals surface area (Å²) in [5.74, 6) is 0.666. The summed E-state index contributed by atoms with van der Waals surface area (Å²) >= 11 is 0. The number of likely N-dealkylation sites (tertiary alicyclic amines) is 1. The summed E-state index contributed by atoms with van der Waals surface area (Å²) in [6.45, 7) is 4.53. The third-order valence-corrected chi connectivity index (χ3v) is 5.09. The van der Waals surface area contributed by atoms with Crippen LogP contribution >= 0.6 is 0 Å². The molecule has 4 nitrogen and oxygen atoms in total. The van der Waals surface area contributed by atoms with Gasteiger partial charge in [-0.25, -0.2) is 0 Å². The number of H-pyrrole nitrogens is 2. The van der Waals surface area contributed by atoms with Gasteiger partial charge in [0.1, 0.15) is 0 Å². The second-order valence-corrected chi connectivity index (χ2v) is 6.27. The number of benzene rings is 1. The smallest absolute Gasteiger partial charge is 0.0790 e. The van der Waals surface area contributed by atoms with E-state index in [1.807, 2.05) is 6.20 Å². The van der Waals surface area contributed by atoms with Gasteiger partial charge in [0.25, 0.3) is 0 Å². The SMILES string of the molecule is CC(c1cc[nH]n1)N1CCC(c2c[nH]c3ccccc23)CC1. The Morgan fingerprint density at radius 1 is 1.18 bits per heavy atom. The Morgan fingerprint density at radius 3 is 2.77 bits per heavy atom. The standard InChI is InChI=1S/C18H22N4/c1-13(17-6-9-20-21-17)22-10-7-14(8-11-22)16-12-19-18-5-3-2-4-15(16)18/h2-6,9,12-14,19H,7-8,10-11H2,1H3,(H,20,21). The molecule has 3 aromatic rings. The summed E-state index contributed by atoms with van der Waals surface area (Å²) in [5.41, 5.74) is 3.89. The zero-order valence-electron chi connectivity index (χ0n) is 12.9. The first-order valence-corrected chi connectivity index (χ1v) is 8.12. The summed E-state index contributed by atoms with van der Waals surface area (Å²) < 4.78 is 0. The molecule has 0 aliphatic carbocycles. The molecule has 1 unspecified atom stereocenters. The van der Waals surface area contributed by atoms with Crippen molar-refractivity contribution in [1.82, 2.24) is 20.1 Å². The highest BCUT2D eigenvalue weighted by atomic mass is 15.2. The van der Waals surface area contributed by atoms with Crippen LogP contribution in [0.25, 0.3) is 10.9 Å². The minimum Gasteiger partial charge on any atom is -0.361 e. The Balaban J connectivity index is 1.48. The molecule has 2 aromatic heterocycles. The molecule has 1 aliphatic rings. The van der Waals surface area contributed by atoms with E-state index < -0.39 is 0 Å². The zero-order valence-corrected chi connectivity index (χ0v) is 12.9. The molecule has 0 saturated carbocycles. The number of fused-ring (bicyclic) bond motifs is 1. The van der Waals surface area contributed by atoms with Gasteiger partial charge in [0.05, 0.1) is 11.7 Å². The van der Waals surface area contributed by atoms with E-state index in [1.165, 1.54) is 29.3 Å². The second kappa shape index (κ2) is 5.61. The molecule has 0 bridgehead atoms. The van der Waals surface area contributed by atoms with Crippen LogP contribution in [-0.2, 0) is 0 Å². The summed E-state index contributed by atoms with van der Waals surface area (Å²) in [4.78, 5) is 5.96. The van der Waals surface area contributed by atoms with E-state index in [4.69, 9.17) is 0 Å². The first kappa shape index (κ1) is 13.6. The molecule has 1 atom stereocenters. The lowest BCUT2D eigenvalue weighted by molar-refractivity contribution is 0.160. The minimum absolute atomic E-state index is 0.398. The monoisotopic (exact) mass is 294 g/mol. The Bertz CT molecular complexity index is 735. The van der Waals surface area contributed by atoms with Gasteiger partial charge in [-0.05, 0) is 56.5 Å². The third kappa shape index (κ3) is 2.33. The van der Waals surface area contributed by atoms with Crippen LogP contribution in [0.4, 0.5) is 0 Å². The first-order chi connectivity index (χ1) is 10.8. The van der Waals surface area contributed by atoms with E-state index in [1.54, 1.807) is 0 Å². The predicted molar refractivity (Wildman–Crippen MR) is 88.8 cm³/mol. The minimum atomic E-state index is 0.398. The molecule has 1 aliphatic heterocycles. The van der Waals surface area contributed by atoms with E-state index in [0.29, 0.717) is 12.0 Å². The van der Waals surface area contributed by atoms with Crippen LogP contribution in [0.3, 0.4) is 0 Å². The van der Waals surface area contributed by atoms with Gasteiger partial charge in [0, 0.05) is 23.3 Å². The van der Waals surface area contributed by atoms with Gasteiger partial charge < -0.3 is 4.98 Å². The zero-order chi connectivity index (χ0) is 14.9. The molecule has 22 heavy (non-hydrogen) atoms. The fourth-order valence-electron chi connectivity index (χ4n) is 3.72. The van der Waals surface area contributed by atoms with Crippen molar-refractivity contribution in [2.24, 2.45) is 0 Å². The number of nitrogens with zero attached hydrogens (tertiary/aromatic N) is 2. The molecule has 1 saturated heterocycles. The molecule has 1 aromatic carbocycles. The maximum Gasteiger partial charge on any atom is 0.0790 e. The first-order valence-electron chi connectivity index (χ1n) is 8.12. The van der Waals surface area contributed by atoms with Crippen molar-refractivity contribution >= 4 is 10.9 Å². The quantitative estimate of drug-likeness (QED) is 0.771. The highest BCUT2D eigenvalue weighted by Gasteiger charge is 2.26. The van der Waals surface area contributed by atoms with Crippen molar-refractivity contribution in [3.63, 3.8) is 0 Å². The van der Waals surface area contributed by atoms with Crippen molar-refractivity contribution in [2.75, 3.05) is 13.1 Å². The lowest BCUT2D eigenvalue weighted by Crippen LogP contribution is -2.35. The predicted octanol–water partition coefficient (Wildman–Crippen LogP) is 3.83. The van der Waals surface area contributed by atoms with Crippen LogP contribution < -0.4 is 0 Å². The number of nitrogens with one attached hydrogen (secondary N) is 2. The van der Waals surface area contributed by atoms with E-state index in [9.17, 15) is 0 Å². The van der Waals surface area contributed by atoms with Crippen LogP contribution in [0.5, 0.6) is 0 Å². The molecule has 3 heterocycles. The van der Waals surface area contributed by atoms with Gasteiger partial charge in [-0.2, -0.15) is 5.10 Å². The van der Waals surface area contributed by atoms with Gasteiger partial charge in [0.2, 0.25) is 0 Å². The van der Waals surface area contributed by atoms with Gasteiger partial charge >= 0.3 is 0 Å². The Kier molecular flexibility index (Phi) is 3.47. The van der Waals surface area contributed by atoms with Crippen LogP contribution in [-0.4, -0.2) is 33.2 Å². The van der Waals surface area contributed by atoms with Crippen molar-refractivity contribution in [1.29, 1.82) is 0 Å². The topological polar surface area (TPSA) is 47.7 Å². The summed E-state index contributed by atoms with van der Waals surface area (Å²) in [6.07, 6.45) is 6.56. The number of hydrogen-bond acceptors (Lipinski definition) is 2. The number of aromatic amines is 2. The Labute approximate surface area is 130 Å². The van der Waals surface area contributed by atoms with Gasteiger partial charge in [-0.3, -0.25) is 10.00 Å². The second-order valence-electron chi connectivity index (χ2n) is 6.27. The fourth-order valence-corrected chi connectivity index (χ4v) is 3.72. The molecular weight excluding hydrogens is 272 g/mol. The average Bonchev–Trinajstić information content (AvgIpc) is 3.24. The average molecular weight is 294 g/mol. The molecule has 0 spiro atoms. The van der Waals surface area contributed by atoms with Gasteiger partial charge in [-0.15, -0.1) is 0 Å². The van der Waals surface area contributed by atoms with Crippen molar-refractivity contribution in [2.45, 2.75) is 31.7 Å². The third-order valence-electron chi connectivity index (χ3n) is 5.09. The Hall–Kier alpha value is -2.07. The molecule has 1 fully saturated rings. The van der Waals surface area contributed by atoms with E-state index in [0.717, 1.165) is 18.8 Å². The van der Waals surface area contributed by atoms with Crippen LogP contribution in [0.2, 0.25) is 0 Å². The maximum absolute atomic E-state index is 4.33. The molecule has 114 valence electrons. The fraction of sp³-hybridized carbons (Fsp3) is 0.389.